The molecule has 0 aliphatic carbocycles. The number of nitrogens with zero attached hydrogens (tertiary/aromatic N) is 4. The summed E-state index contributed by atoms with van der Waals surface area (Å²) in [6.07, 6.45) is 3.49. The molecule has 2 aromatic heterocycles. The maximum absolute atomic E-state index is 5.78. The van der Waals surface area contributed by atoms with E-state index in [1.54, 1.807) is 6.20 Å². The molecule has 4 nitrogen and oxygen atoms in total. The molecule has 17 heavy (non-hydrogen) atoms. The van der Waals surface area contributed by atoms with E-state index in [0.29, 0.717) is 0 Å². The zero-order valence-corrected chi connectivity index (χ0v) is 9.89. The van der Waals surface area contributed by atoms with Gasteiger partial charge in [0.1, 0.15) is 0 Å². The van der Waals surface area contributed by atoms with Crippen LogP contribution in [0, 0.1) is 0 Å². The van der Waals surface area contributed by atoms with E-state index in [9.17, 15) is 0 Å². The van der Waals surface area contributed by atoms with E-state index in [2.05, 4.69) is 15.1 Å². The molecule has 0 atom stereocenters. The first kappa shape index (κ1) is 10.2. The molecule has 0 aliphatic rings. The SMILES string of the molecule is Cn1ncc2ccc(-c3ccnc(Cl)n3)cc21. The molecule has 0 amide bonds. The number of rotatable bonds is 1. The van der Waals surface area contributed by atoms with Gasteiger partial charge in [0.25, 0.3) is 0 Å². The Bertz CT molecular complexity index is 690. The van der Waals surface area contributed by atoms with Gasteiger partial charge in [-0.2, -0.15) is 5.10 Å². The second-order valence-corrected chi connectivity index (χ2v) is 4.09. The van der Waals surface area contributed by atoms with Crippen molar-refractivity contribution >= 4 is 22.5 Å². The van der Waals surface area contributed by atoms with Gasteiger partial charge in [0.05, 0.1) is 17.4 Å². The Morgan fingerprint density at radius 3 is 2.94 bits per heavy atom. The number of aryl methyl sites for hydroxylation is 1. The van der Waals surface area contributed by atoms with Crippen LogP contribution in [0.4, 0.5) is 0 Å². The summed E-state index contributed by atoms with van der Waals surface area (Å²) in [6.45, 7) is 0. The molecule has 2 heterocycles. The minimum Gasteiger partial charge on any atom is -0.268 e. The quantitative estimate of drug-likeness (QED) is 0.618. The fourth-order valence-corrected chi connectivity index (χ4v) is 1.95. The van der Waals surface area contributed by atoms with Crippen LogP contribution in [0.5, 0.6) is 0 Å². The average molecular weight is 245 g/mol. The molecule has 0 bridgehead atoms. The lowest BCUT2D eigenvalue weighted by Gasteiger charge is -2.01. The Kier molecular flexibility index (Phi) is 2.30. The fraction of sp³-hybridized carbons (Fsp3) is 0.0833. The van der Waals surface area contributed by atoms with Crippen LogP contribution in [-0.4, -0.2) is 19.7 Å². The van der Waals surface area contributed by atoms with E-state index in [1.165, 1.54) is 0 Å². The van der Waals surface area contributed by atoms with Gasteiger partial charge in [0.15, 0.2) is 0 Å². The van der Waals surface area contributed by atoms with Crippen molar-refractivity contribution in [1.82, 2.24) is 19.7 Å². The lowest BCUT2D eigenvalue weighted by atomic mass is 10.1. The summed E-state index contributed by atoms with van der Waals surface area (Å²) in [5.74, 6) is 0. The molecule has 1 aromatic carbocycles. The lowest BCUT2D eigenvalue weighted by Crippen LogP contribution is -1.90. The van der Waals surface area contributed by atoms with Gasteiger partial charge < -0.3 is 0 Å². The molecule has 3 aromatic rings. The van der Waals surface area contributed by atoms with E-state index >= 15 is 0 Å². The molecule has 0 N–H and O–H groups in total. The van der Waals surface area contributed by atoms with E-state index in [1.807, 2.05) is 42.2 Å². The first-order chi connectivity index (χ1) is 8.24. The molecule has 0 unspecified atom stereocenters. The van der Waals surface area contributed by atoms with Gasteiger partial charge in [-0.1, -0.05) is 12.1 Å². The highest BCUT2D eigenvalue weighted by atomic mass is 35.5. The largest absolute Gasteiger partial charge is 0.268 e. The monoisotopic (exact) mass is 244 g/mol. The second kappa shape index (κ2) is 3.82. The molecule has 3 rings (SSSR count). The van der Waals surface area contributed by atoms with Crippen LogP contribution < -0.4 is 0 Å². The number of aromatic nitrogens is 4. The van der Waals surface area contributed by atoms with E-state index in [0.717, 1.165) is 22.2 Å². The number of fused-ring (bicyclic) bond motifs is 1. The number of halogens is 1. The molecule has 0 radical (unpaired) electrons. The van der Waals surface area contributed by atoms with Gasteiger partial charge in [-0.25, -0.2) is 9.97 Å². The van der Waals surface area contributed by atoms with E-state index in [4.69, 9.17) is 11.6 Å². The van der Waals surface area contributed by atoms with Crippen molar-refractivity contribution in [3.63, 3.8) is 0 Å². The number of hydrogen-bond donors (Lipinski definition) is 0. The van der Waals surface area contributed by atoms with Crippen molar-refractivity contribution in [2.24, 2.45) is 7.05 Å². The van der Waals surface area contributed by atoms with Crippen LogP contribution in [-0.2, 0) is 7.05 Å². The van der Waals surface area contributed by atoms with E-state index < -0.39 is 0 Å². The summed E-state index contributed by atoms with van der Waals surface area (Å²) < 4.78 is 1.83. The molecule has 0 fully saturated rings. The van der Waals surface area contributed by atoms with Crippen molar-refractivity contribution in [3.05, 3.63) is 41.9 Å². The van der Waals surface area contributed by atoms with Crippen LogP contribution >= 0.6 is 11.6 Å². The summed E-state index contributed by atoms with van der Waals surface area (Å²) >= 11 is 5.78. The maximum atomic E-state index is 5.78. The van der Waals surface area contributed by atoms with Crippen LogP contribution in [0.25, 0.3) is 22.2 Å². The zero-order chi connectivity index (χ0) is 11.8. The van der Waals surface area contributed by atoms with Gasteiger partial charge in [-0.05, 0) is 23.7 Å². The standard InChI is InChI=1S/C12H9ClN4/c1-17-11-6-8(2-3-9(11)7-15-17)10-4-5-14-12(13)16-10/h2-7H,1H3. The van der Waals surface area contributed by atoms with Crippen LogP contribution in [0.2, 0.25) is 5.28 Å². The summed E-state index contributed by atoms with van der Waals surface area (Å²) in [4.78, 5) is 8.06. The highest BCUT2D eigenvalue weighted by Gasteiger charge is 2.04. The van der Waals surface area contributed by atoms with Gasteiger partial charge in [-0.15, -0.1) is 0 Å². The van der Waals surface area contributed by atoms with Gasteiger partial charge >= 0.3 is 0 Å². The zero-order valence-electron chi connectivity index (χ0n) is 9.13. The predicted octanol–water partition coefficient (Wildman–Crippen LogP) is 2.68. The van der Waals surface area contributed by atoms with Crippen molar-refractivity contribution in [2.45, 2.75) is 0 Å². The Morgan fingerprint density at radius 2 is 2.12 bits per heavy atom. The summed E-state index contributed by atoms with van der Waals surface area (Å²) in [7, 11) is 1.92. The van der Waals surface area contributed by atoms with Gasteiger partial charge in [0.2, 0.25) is 5.28 Å². The Hall–Kier alpha value is -1.94. The number of hydrogen-bond acceptors (Lipinski definition) is 3. The number of benzene rings is 1. The smallest absolute Gasteiger partial charge is 0.222 e. The minimum absolute atomic E-state index is 0.257. The molecule has 84 valence electrons. The molecule has 0 saturated heterocycles. The van der Waals surface area contributed by atoms with E-state index in [-0.39, 0.29) is 5.28 Å². The summed E-state index contributed by atoms with van der Waals surface area (Å²) in [5.41, 5.74) is 2.88. The molecule has 5 heteroatoms. The van der Waals surface area contributed by atoms with Crippen molar-refractivity contribution in [1.29, 1.82) is 0 Å². The molecule has 0 aliphatic heterocycles. The Morgan fingerprint density at radius 1 is 1.24 bits per heavy atom. The molecule has 0 spiro atoms. The first-order valence-corrected chi connectivity index (χ1v) is 5.52. The maximum Gasteiger partial charge on any atom is 0.222 e. The Labute approximate surface area is 103 Å². The van der Waals surface area contributed by atoms with Crippen molar-refractivity contribution in [2.75, 3.05) is 0 Å². The van der Waals surface area contributed by atoms with Crippen LogP contribution in [0.1, 0.15) is 0 Å². The highest BCUT2D eigenvalue weighted by molar-refractivity contribution is 6.28. The third-order valence-corrected chi connectivity index (χ3v) is 2.85. The lowest BCUT2D eigenvalue weighted by molar-refractivity contribution is 0.797. The predicted molar refractivity (Wildman–Crippen MR) is 66.8 cm³/mol. The molecule has 0 saturated carbocycles. The topological polar surface area (TPSA) is 43.6 Å². The van der Waals surface area contributed by atoms with Crippen molar-refractivity contribution < 1.29 is 0 Å². The first-order valence-electron chi connectivity index (χ1n) is 5.15. The molecular weight excluding hydrogens is 236 g/mol. The average Bonchev–Trinajstić information content (AvgIpc) is 2.71. The summed E-state index contributed by atoms with van der Waals surface area (Å²) in [5, 5.41) is 5.57. The van der Waals surface area contributed by atoms with Crippen LogP contribution in [0.15, 0.2) is 36.7 Å². The summed E-state index contributed by atoms with van der Waals surface area (Å²) in [6, 6.07) is 7.90. The van der Waals surface area contributed by atoms with Crippen LogP contribution in [0.3, 0.4) is 0 Å². The third-order valence-electron chi connectivity index (χ3n) is 2.67. The minimum atomic E-state index is 0.257. The third kappa shape index (κ3) is 1.76. The molecular formula is C12H9ClN4. The Balaban J connectivity index is 2.20. The fourth-order valence-electron chi connectivity index (χ4n) is 1.80. The highest BCUT2D eigenvalue weighted by Crippen LogP contribution is 2.22. The van der Waals surface area contributed by atoms with Crippen molar-refractivity contribution in [3.8, 4) is 11.3 Å². The second-order valence-electron chi connectivity index (χ2n) is 3.75. The van der Waals surface area contributed by atoms with Gasteiger partial charge in [0, 0.05) is 24.2 Å². The van der Waals surface area contributed by atoms with Gasteiger partial charge in [-0.3, -0.25) is 4.68 Å². The normalized spacial score (nSPS) is 10.9.